The summed E-state index contributed by atoms with van der Waals surface area (Å²) in [7, 11) is 31.1. The molecule has 0 N–H and O–H groups in total. The van der Waals surface area contributed by atoms with Crippen molar-refractivity contribution in [2.45, 2.75) is 18.2 Å². The van der Waals surface area contributed by atoms with Gasteiger partial charge in [0.25, 0.3) is 5.91 Å². The average molecular weight is 464 g/mol. The van der Waals surface area contributed by atoms with Gasteiger partial charge in [0.05, 0.1) is 34.4 Å². The molecule has 2 aromatic carbocycles. The number of rotatable bonds is 4. The molecule has 0 spiro atoms. The van der Waals surface area contributed by atoms with Crippen LogP contribution in [0.15, 0.2) is 42.7 Å². The lowest BCUT2D eigenvalue weighted by Gasteiger charge is -2.37. The Balaban J connectivity index is 1.81. The molecule has 3 aromatic rings. The molecule has 0 atom stereocenters. The first-order valence-electron chi connectivity index (χ1n) is 10.0. The van der Waals surface area contributed by atoms with Crippen molar-refractivity contribution in [2.75, 3.05) is 6.61 Å². The molecule has 164 valence electrons. The molecule has 4 rings (SSSR count). The zero-order chi connectivity index (χ0) is 25.5. The van der Waals surface area contributed by atoms with E-state index in [1.807, 2.05) is 0 Å². The summed E-state index contributed by atoms with van der Waals surface area (Å²) in [4.78, 5) is 22.9. The van der Waals surface area contributed by atoms with Gasteiger partial charge in [-0.2, -0.15) is 0 Å². The lowest BCUT2D eigenvalue weighted by molar-refractivity contribution is -0.274. The van der Waals surface area contributed by atoms with E-state index in [2.05, 4.69) is 14.7 Å². The largest absolute Gasteiger partial charge is 0.573 e. The maximum atomic E-state index is 13.6. The average Bonchev–Trinajstić information content (AvgIpc) is 2.88. The number of benzene rings is 2. The molecule has 1 aliphatic rings. The van der Waals surface area contributed by atoms with Crippen molar-refractivity contribution in [3.63, 3.8) is 0 Å². The number of aromatic nitrogens is 2. The molecule has 0 bridgehead atoms. The molecule has 0 saturated heterocycles. The molecule has 14 heteroatoms. The Bertz CT molecular complexity index is 1280. The van der Waals surface area contributed by atoms with Gasteiger partial charge in [0.2, 0.25) is 0 Å². The van der Waals surface area contributed by atoms with Crippen LogP contribution in [-0.4, -0.2) is 78.3 Å². The number of alkyl halides is 3. The van der Waals surface area contributed by atoms with E-state index in [4.69, 9.17) is 44.0 Å². The molecular formula is C21H11B5F3N3O3. The fourth-order valence-corrected chi connectivity index (χ4v) is 3.64. The first kappa shape index (κ1) is 24.8. The monoisotopic (exact) mass is 465 g/mol. The molecule has 1 amide bonds. The number of carbonyl (C=O) groups is 1. The number of carbonyl (C=O) groups excluding carboxylic acids is 1. The van der Waals surface area contributed by atoms with E-state index in [1.165, 1.54) is 24.5 Å². The predicted molar refractivity (Wildman–Crippen MR) is 126 cm³/mol. The van der Waals surface area contributed by atoms with Crippen LogP contribution in [-0.2, 0) is 6.54 Å². The zero-order valence-electron chi connectivity index (χ0n) is 18.0. The molecule has 2 heterocycles. The molecule has 1 aromatic heterocycles. The summed E-state index contributed by atoms with van der Waals surface area (Å²) in [5, 5.41) is -1.79. The van der Waals surface area contributed by atoms with E-state index in [9.17, 15) is 18.0 Å². The molecule has 6 nitrogen and oxygen atoms in total. The van der Waals surface area contributed by atoms with Gasteiger partial charge in [-0.25, -0.2) is 9.97 Å². The summed E-state index contributed by atoms with van der Waals surface area (Å²) < 4.78 is 47.1. The van der Waals surface area contributed by atoms with Crippen LogP contribution >= 0.6 is 0 Å². The second-order valence-corrected chi connectivity index (χ2v) is 7.73. The van der Waals surface area contributed by atoms with Gasteiger partial charge < -0.3 is 14.4 Å². The van der Waals surface area contributed by atoms with Gasteiger partial charge in [0, 0.05) is 17.7 Å². The highest BCUT2D eigenvalue weighted by Crippen LogP contribution is 2.30. The van der Waals surface area contributed by atoms with Gasteiger partial charge in [-0.15, -0.1) is 13.2 Å². The Morgan fingerprint density at radius 3 is 2.23 bits per heavy atom. The highest BCUT2D eigenvalue weighted by atomic mass is 19.4. The quantitative estimate of drug-likeness (QED) is 0.485. The van der Waals surface area contributed by atoms with E-state index in [1.54, 1.807) is 6.07 Å². The van der Waals surface area contributed by atoms with Crippen LogP contribution < -0.4 is 25.9 Å². The predicted octanol–water partition coefficient (Wildman–Crippen LogP) is -0.551. The van der Waals surface area contributed by atoms with Gasteiger partial charge in [-0.3, -0.25) is 4.79 Å². The fraction of sp³-hybridized carbons (Fsp3) is 0.190. The Labute approximate surface area is 205 Å². The Morgan fingerprint density at radius 2 is 1.63 bits per heavy atom. The van der Waals surface area contributed by atoms with Crippen molar-refractivity contribution < 1.29 is 27.4 Å². The zero-order valence-corrected chi connectivity index (χ0v) is 18.0. The number of hydrogen-bond acceptors (Lipinski definition) is 5. The topological polar surface area (TPSA) is 64.6 Å². The molecule has 1 aliphatic heterocycles. The van der Waals surface area contributed by atoms with Gasteiger partial charge in [0.1, 0.15) is 40.9 Å². The third kappa shape index (κ3) is 4.92. The molecule has 0 unspecified atom stereocenters. The highest BCUT2D eigenvalue weighted by Gasteiger charge is 2.38. The van der Waals surface area contributed by atoms with E-state index in [0.717, 1.165) is 17.0 Å². The summed E-state index contributed by atoms with van der Waals surface area (Å²) in [6.07, 6.45) is -1.89. The number of halogens is 3. The second kappa shape index (κ2) is 9.05. The van der Waals surface area contributed by atoms with E-state index < -0.39 is 23.4 Å². The van der Waals surface area contributed by atoms with Crippen molar-refractivity contribution in [1.82, 2.24) is 14.9 Å². The van der Waals surface area contributed by atoms with E-state index in [-0.39, 0.29) is 57.8 Å². The summed E-state index contributed by atoms with van der Waals surface area (Å²) in [5.41, 5.74) is -0.0336. The van der Waals surface area contributed by atoms with Crippen LogP contribution in [0.4, 0.5) is 13.2 Å². The number of nitrogens with zero attached hydrogens (tertiary/aromatic N) is 3. The minimum atomic E-state index is -4.86. The maximum Gasteiger partial charge on any atom is 0.573 e. The van der Waals surface area contributed by atoms with Crippen molar-refractivity contribution >= 4 is 61.5 Å². The maximum absolute atomic E-state index is 13.6. The molecule has 0 saturated carbocycles. The fourth-order valence-electron chi connectivity index (χ4n) is 3.64. The minimum Gasteiger partial charge on any atom is -0.493 e. The van der Waals surface area contributed by atoms with E-state index >= 15 is 0 Å². The lowest BCUT2D eigenvalue weighted by atomic mass is 9.61. The van der Waals surface area contributed by atoms with Crippen LogP contribution in [0, 0.1) is 0 Å². The molecule has 0 aliphatic carbocycles. The van der Waals surface area contributed by atoms with Gasteiger partial charge in [0.15, 0.2) is 0 Å². The van der Waals surface area contributed by atoms with Crippen molar-refractivity contribution in [3.05, 3.63) is 54.1 Å². The van der Waals surface area contributed by atoms with Crippen LogP contribution in [0.5, 0.6) is 11.5 Å². The standard InChI is InChI=1S/C21H11B5F3N3O3/c22-15-13(10-2-4-11(5-3-10)35-21(27,28)29)16(23)17(24)18-14(15)19(33)32(20(25,26)9-34-18)8-12-30-6-1-7-31-12/h1-7H,8-9H2. The third-order valence-corrected chi connectivity index (χ3v) is 5.27. The van der Waals surface area contributed by atoms with Gasteiger partial charge >= 0.3 is 6.36 Å². The summed E-state index contributed by atoms with van der Waals surface area (Å²) in [6, 6.07) is 6.34. The Kier molecular flexibility index (Phi) is 6.42. The SMILES string of the molecule is [B]c1c([B])c(-c2ccc(OC(F)(F)F)cc2)c([B])c2c1OCC([B])([B])N(Cc1ncccn1)C2=O. The van der Waals surface area contributed by atoms with Crippen molar-refractivity contribution in [1.29, 1.82) is 0 Å². The molecular weight excluding hydrogens is 453 g/mol. The lowest BCUT2D eigenvalue weighted by Crippen LogP contribution is -2.55. The van der Waals surface area contributed by atoms with Gasteiger partial charge in [-0.05, 0) is 29.3 Å². The van der Waals surface area contributed by atoms with Crippen LogP contribution in [0.3, 0.4) is 0 Å². The van der Waals surface area contributed by atoms with Crippen molar-refractivity contribution in [2.24, 2.45) is 0 Å². The van der Waals surface area contributed by atoms with Gasteiger partial charge in [-0.1, -0.05) is 28.5 Å². The van der Waals surface area contributed by atoms with Crippen LogP contribution in [0.1, 0.15) is 16.2 Å². The van der Waals surface area contributed by atoms with Crippen molar-refractivity contribution in [3.8, 4) is 22.6 Å². The Morgan fingerprint density at radius 1 is 1.00 bits per heavy atom. The molecule has 35 heavy (non-hydrogen) atoms. The van der Waals surface area contributed by atoms with E-state index in [0.29, 0.717) is 0 Å². The summed E-state index contributed by atoms with van der Waals surface area (Å²) in [6.45, 7) is -0.525. The van der Waals surface area contributed by atoms with Crippen LogP contribution in [0.25, 0.3) is 11.1 Å². The number of amides is 1. The third-order valence-electron chi connectivity index (χ3n) is 5.27. The van der Waals surface area contributed by atoms with Crippen LogP contribution in [0.2, 0.25) is 0 Å². The number of fused-ring (bicyclic) bond motifs is 1. The first-order valence-corrected chi connectivity index (χ1v) is 10.0. The summed E-state index contributed by atoms with van der Waals surface area (Å²) in [5.74, 6) is -1.03. The summed E-state index contributed by atoms with van der Waals surface area (Å²) >= 11 is 0. The number of hydrogen-bond donors (Lipinski definition) is 0. The molecule has 0 fully saturated rings. The Hall–Kier alpha value is -3.30. The molecule has 10 radical (unpaired) electrons. The first-order chi connectivity index (χ1) is 16.4. The number of ether oxygens (including phenoxy) is 2. The second-order valence-electron chi connectivity index (χ2n) is 7.73. The smallest absolute Gasteiger partial charge is 0.493 e. The normalized spacial score (nSPS) is 15.2. The highest BCUT2D eigenvalue weighted by molar-refractivity contribution is 6.56. The minimum absolute atomic E-state index is 0.0435.